The summed E-state index contributed by atoms with van der Waals surface area (Å²) in [5.74, 6) is 0. The minimum absolute atomic E-state index is 0.175. The Bertz CT molecular complexity index is 1000. The molecule has 7 heteroatoms. The van der Waals surface area contributed by atoms with Gasteiger partial charge < -0.3 is 0 Å². The van der Waals surface area contributed by atoms with E-state index in [2.05, 4.69) is 0 Å². The Morgan fingerprint density at radius 2 is 1.60 bits per heavy atom. The van der Waals surface area contributed by atoms with Crippen LogP contribution in [0.4, 0.5) is 5.69 Å². The quantitative estimate of drug-likeness (QED) is 0.416. The molecule has 3 aromatic rings. The molecule has 0 spiro atoms. The number of nitrogens with zero attached hydrogens (tertiary/aromatic N) is 1. The molecular weight excluding hydrogens is 342 g/mol. The Balaban J connectivity index is 2.00. The zero-order valence-corrected chi connectivity index (χ0v) is 13.9. The number of hydrogen-bond donors (Lipinski definition) is 1. The standard InChI is InChI=1S/C18H15NO5S/c20-13-19(24-12-14-6-2-1-3-7-14)17-10-4-9-16-15(17)8-5-11-18(16)25(21,22)23/h1-11,13H,12H2,(H,21,22,23). The van der Waals surface area contributed by atoms with E-state index in [1.54, 1.807) is 24.3 Å². The van der Waals surface area contributed by atoms with E-state index in [4.69, 9.17) is 4.84 Å². The van der Waals surface area contributed by atoms with E-state index in [1.165, 1.54) is 12.1 Å². The molecule has 0 bridgehead atoms. The van der Waals surface area contributed by atoms with Gasteiger partial charge in [-0.3, -0.25) is 14.2 Å². The Labute approximate surface area is 145 Å². The average Bonchev–Trinajstić information content (AvgIpc) is 2.62. The largest absolute Gasteiger partial charge is 0.295 e. The van der Waals surface area contributed by atoms with Gasteiger partial charge in [0, 0.05) is 10.8 Å². The van der Waals surface area contributed by atoms with Crippen LogP contribution in [0.5, 0.6) is 0 Å². The second-order valence-corrected chi connectivity index (χ2v) is 6.68. The van der Waals surface area contributed by atoms with Gasteiger partial charge in [-0.1, -0.05) is 54.6 Å². The number of hydroxylamine groups is 1. The fraction of sp³-hybridized carbons (Fsp3) is 0.0556. The molecule has 128 valence electrons. The smallest absolute Gasteiger partial charge is 0.282 e. The van der Waals surface area contributed by atoms with Crippen LogP contribution in [0, 0.1) is 0 Å². The number of anilines is 1. The molecule has 0 radical (unpaired) electrons. The number of carbonyl (C=O) groups excluding carboxylic acids is 1. The van der Waals surface area contributed by atoms with Crippen molar-refractivity contribution in [2.24, 2.45) is 0 Å². The van der Waals surface area contributed by atoms with Crippen LogP contribution < -0.4 is 5.06 Å². The van der Waals surface area contributed by atoms with Crippen LogP contribution >= 0.6 is 0 Å². The average molecular weight is 357 g/mol. The normalized spacial score (nSPS) is 11.4. The molecule has 0 aromatic heterocycles. The maximum Gasteiger partial charge on any atom is 0.295 e. The van der Waals surface area contributed by atoms with Crippen LogP contribution in [0.3, 0.4) is 0 Å². The van der Waals surface area contributed by atoms with Crippen molar-refractivity contribution >= 4 is 33.0 Å². The third kappa shape index (κ3) is 3.69. The number of fused-ring (bicyclic) bond motifs is 1. The molecule has 0 aliphatic carbocycles. The van der Waals surface area contributed by atoms with Gasteiger partial charge in [0.25, 0.3) is 10.1 Å². The SMILES string of the molecule is O=CN(OCc1ccccc1)c1cccc2c(S(=O)(=O)O)cccc12. The van der Waals surface area contributed by atoms with Crippen molar-refractivity contribution in [1.29, 1.82) is 0 Å². The van der Waals surface area contributed by atoms with Crippen molar-refractivity contribution in [1.82, 2.24) is 0 Å². The zero-order valence-electron chi connectivity index (χ0n) is 13.1. The first-order valence-electron chi connectivity index (χ1n) is 7.41. The van der Waals surface area contributed by atoms with E-state index >= 15 is 0 Å². The lowest BCUT2D eigenvalue weighted by molar-refractivity contribution is -0.114. The predicted molar refractivity (Wildman–Crippen MR) is 93.5 cm³/mol. The molecule has 0 aliphatic heterocycles. The minimum Gasteiger partial charge on any atom is -0.282 e. The summed E-state index contributed by atoms with van der Waals surface area (Å²) in [6.07, 6.45) is 0.512. The summed E-state index contributed by atoms with van der Waals surface area (Å²) in [5, 5.41) is 1.82. The van der Waals surface area contributed by atoms with E-state index in [9.17, 15) is 17.8 Å². The molecule has 25 heavy (non-hydrogen) atoms. The summed E-state index contributed by atoms with van der Waals surface area (Å²) < 4.78 is 32.5. The summed E-state index contributed by atoms with van der Waals surface area (Å²) in [7, 11) is -4.38. The highest BCUT2D eigenvalue weighted by atomic mass is 32.2. The van der Waals surface area contributed by atoms with Gasteiger partial charge >= 0.3 is 0 Å². The van der Waals surface area contributed by atoms with Gasteiger partial charge in [0.1, 0.15) is 11.5 Å². The molecule has 0 aliphatic rings. The first-order valence-corrected chi connectivity index (χ1v) is 8.85. The first-order chi connectivity index (χ1) is 12.0. The number of rotatable bonds is 6. The third-order valence-corrected chi connectivity index (χ3v) is 4.60. The maximum atomic E-state index is 11.5. The second kappa shape index (κ2) is 7.02. The van der Waals surface area contributed by atoms with Crippen LogP contribution in [0.25, 0.3) is 10.8 Å². The molecular formula is C18H15NO5S. The molecule has 0 atom stereocenters. The van der Waals surface area contributed by atoms with Crippen molar-refractivity contribution in [3.63, 3.8) is 0 Å². The van der Waals surface area contributed by atoms with Crippen molar-refractivity contribution in [3.8, 4) is 0 Å². The van der Waals surface area contributed by atoms with E-state index in [0.717, 1.165) is 10.6 Å². The second-order valence-electron chi connectivity index (χ2n) is 5.29. The number of carbonyl (C=O) groups is 1. The van der Waals surface area contributed by atoms with Crippen LogP contribution in [0.2, 0.25) is 0 Å². The Morgan fingerprint density at radius 1 is 0.920 bits per heavy atom. The fourth-order valence-corrected chi connectivity index (χ4v) is 3.26. The number of benzene rings is 3. The van der Waals surface area contributed by atoms with Crippen LogP contribution in [0.1, 0.15) is 5.56 Å². The third-order valence-electron chi connectivity index (χ3n) is 3.68. The van der Waals surface area contributed by atoms with Gasteiger partial charge in [0.15, 0.2) is 0 Å². The molecule has 1 amide bonds. The van der Waals surface area contributed by atoms with E-state index in [-0.39, 0.29) is 11.5 Å². The lowest BCUT2D eigenvalue weighted by Gasteiger charge is -2.19. The van der Waals surface area contributed by atoms with Crippen molar-refractivity contribution in [2.75, 3.05) is 5.06 Å². The molecule has 3 aromatic carbocycles. The van der Waals surface area contributed by atoms with Crippen molar-refractivity contribution < 1.29 is 22.6 Å². The lowest BCUT2D eigenvalue weighted by Crippen LogP contribution is -2.21. The summed E-state index contributed by atoms with van der Waals surface area (Å²) in [5.41, 5.74) is 1.27. The first kappa shape index (κ1) is 17.1. The monoisotopic (exact) mass is 357 g/mol. The minimum atomic E-state index is -4.38. The van der Waals surface area contributed by atoms with Crippen molar-refractivity contribution in [2.45, 2.75) is 11.5 Å². The molecule has 6 nitrogen and oxygen atoms in total. The summed E-state index contributed by atoms with van der Waals surface area (Å²) >= 11 is 0. The van der Waals surface area contributed by atoms with Gasteiger partial charge in [0.05, 0.1) is 5.69 Å². The molecule has 0 unspecified atom stereocenters. The van der Waals surface area contributed by atoms with Crippen molar-refractivity contribution in [3.05, 3.63) is 72.3 Å². The molecule has 0 saturated carbocycles. The van der Waals surface area contributed by atoms with Crippen LogP contribution in [-0.4, -0.2) is 19.4 Å². The molecule has 1 N–H and O–H groups in total. The van der Waals surface area contributed by atoms with Gasteiger partial charge in [0.2, 0.25) is 6.41 Å². The Morgan fingerprint density at radius 3 is 2.28 bits per heavy atom. The maximum absolute atomic E-state index is 11.5. The van der Waals surface area contributed by atoms with Crippen LogP contribution in [0.15, 0.2) is 71.6 Å². The van der Waals surface area contributed by atoms with E-state index in [0.29, 0.717) is 22.9 Å². The topological polar surface area (TPSA) is 83.9 Å². The number of amides is 1. The lowest BCUT2D eigenvalue weighted by atomic mass is 10.1. The Kier molecular flexibility index (Phi) is 4.80. The highest BCUT2D eigenvalue weighted by Gasteiger charge is 2.17. The van der Waals surface area contributed by atoms with Crippen LogP contribution in [-0.2, 0) is 26.4 Å². The highest BCUT2D eigenvalue weighted by Crippen LogP contribution is 2.31. The van der Waals surface area contributed by atoms with Gasteiger partial charge in [-0.05, 0) is 17.7 Å². The summed E-state index contributed by atoms with van der Waals surface area (Å²) in [6, 6.07) is 18.6. The highest BCUT2D eigenvalue weighted by molar-refractivity contribution is 7.86. The van der Waals surface area contributed by atoms with Gasteiger partial charge in [-0.15, -0.1) is 0 Å². The molecule has 0 heterocycles. The Hall–Kier alpha value is -2.74. The van der Waals surface area contributed by atoms with E-state index in [1.807, 2.05) is 30.3 Å². The van der Waals surface area contributed by atoms with Gasteiger partial charge in [-0.2, -0.15) is 13.5 Å². The summed E-state index contributed by atoms with van der Waals surface area (Å²) in [4.78, 5) is 16.8. The van der Waals surface area contributed by atoms with E-state index < -0.39 is 10.1 Å². The fourth-order valence-electron chi connectivity index (χ4n) is 2.56. The number of hydrogen-bond acceptors (Lipinski definition) is 4. The molecule has 0 fully saturated rings. The predicted octanol–water partition coefficient (Wildman–Crippen LogP) is 3.18. The molecule has 0 saturated heterocycles. The summed E-state index contributed by atoms with van der Waals surface area (Å²) in [6.45, 7) is 0.175. The zero-order chi connectivity index (χ0) is 17.9. The molecule has 3 rings (SSSR count). The van der Waals surface area contributed by atoms with Gasteiger partial charge in [-0.25, -0.2) is 0 Å².